The smallest absolute Gasteiger partial charge is 0.0689 e. The summed E-state index contributed by atoms with van der Waals surface area (Å²) in [6.45, 7) is 5.58. The van der Waals surface area contributed by atoms with E-state index in [4.69, 9.17) is 4.74 Å². The molecule has 2 nitrogen and oxygen atoms in total. The van der Waals surface area contributed by atoms with Crippen molar-refractivity contribution in [3.8, 4) is 6.07 Å². The van der Waals surface area contributed by atoms with Crippen LogP contribution in [-0.2, 0) is 4.74 Å². The average molecular weight is 235 g/mol. The Morgan fingerprint density at radius 1 is 1.24 bits per heavy atom. The topological polar surface area (TPSA) is 33.0 Å². The lowest BCUT2D eigenvalue weighted by atomic mass is 9.64. The number of nitriles is 1. The minimum Gasteiger partial charge on any atom is -0.378 e. The number of hydrogen-bond donors (Lipinski definition) is 0. The van der Waals surface area contributed by atoms with Gasteiger partial charge in [0.05, 0.1) is 17.6 Å². The second-order valence-corrected chi connectivity index (χ2v) is 6.73. The third-order valence-electron chi connectivity index (χ3n) is 4.77. The zero-order valence-electron chi connectivity index (χ0n) is 11.3. The first kappa shape index (κ1) is 12.9. The SMILES string of the molecule is CC1(C)CCC(C#N)(CCC2CCCO2)CC1. The second-order valence-electron chi connectivity index (χ2n) is 6.73. The average Bonchev–Trinajstić information content (AvgIpc) is 2.82. The predicted molar refractivity (Wildman–Crippen MR) is 68.5 cm³/mol. The molecule has 1 aliphatic carbocycles. The van der Waals surface area contributed by atoms with Crippen molar-refractivity contribution in [3.05, 3.63) is 0 Å². The highest BCUT2D eigenvalue weighted by Crippen LogP contribution is 2.47. The first-order valence-electron chi connectivity index (χ1n) is 7.08. The van der Waals surface area contributed by atoms with Crippen molar-refractivity contribution in [3.63, 3.8) is 0 Å². The fourth-order valence-electron chi connectivity index (χ4n) is 3.13. The standard InChI is InChI=1S/C15H25NO/c1-14(2)7-9-15(12-16,10-8-14)6-5-13-4-3-11-17-13/h13H,3-11H2,1-2H3. The van der Waals surface area contributed by atoms with Crippen molar-refractivity contribution in [1.82, 2.24) is 0 Å². The highest BCUT2D eigenvalue weighted by molar-refractivity contribution is 5.03. The third-order valence-corrected chi connectivity index (χ3v) is 4.77. The van der Waals surface area contributed by atoms with Crippen LogP contribution in [0.25, 0.3) is 0 Å². The summed E-state index contributed by atoms with van der Waals surface area (Å²) in [7, 11) is 0. The predicted octanol–water partition coefficient (Wildman–Crippen LogP) is 4.06. The van der Waals surface area contributed by atoms with Gasteiger partial charge in [-0.2, -0.15) is 5.26 Å². The molecular formula is C15H25NO. The van der Waals surface area contributed by atoms with Gasteiger partial charge in [0.15, 0.2) is 0 Å². The molecule has 0 aromatic rings. The van der Waals surface area contributed by atoms with Gasteiger partial charge in [-0.1, -0.05) is 13.8 Å². The Hall–Kier alpha value is -0.550. The molecule has 1 heterocycles. The maximum absolute atomic E-state index is 9.49. The molecule has 2 heteroatoms. The van der Waals surface area contributed by atoms with Crippen molar-refractivity contribution in [2.75, 3.05) is 6.61 Å². The molecule has 0 spiro atoms. The fraction of sp³-hybridized carbons (Fsp3) is 0.933. The van der Waals surface area contributed by atoms with Gasteiger partial charge in [-0.05, 0) is 56.8 Å². The van der Waals surface area contributed by atoms with Gasteiger partial charge in [0, 0.05) is 6.61 Å². The number of nitrogens with zero attached hydrogens (tertiary/aromatic N) is 1. The lowest BCUT2D eigenvalue weighted by molar-refractivity contribution is 0.0774. The molecule has 2 fully saturated rings. The number of ether oxygens (including phenoxy) is 1. The van der Waals surface area contributed by atoms with E-state index < -0.39 is 0 Å². The molecule has 2 rings (SSSR count). The van der Waals surface area contributed by atoms with Gasteiger partial charge in [-0.3, -0.25) is 0 Å². The van der Waals surface area contributed by atoms with Crippen LogP contribution in [0.15, 0.2) is 0 Å². The summed E-state index contributed by atoms with van der Waals surface area (Å²) in [4.78, 5) is 0. The summed E-state index contributed by atoms with van der Waals surface area (Å²) in [5.41, 5.74) is 0.408. The summed E-state index contributed by atoms with van der Waals surface area (Å²) in [5, 5.41) is 9.49. The summed E-state index contributed by atoms with van der Waals surface area (Å²) < 4.78 is 5.67. The van der Waals surface area contributed by atoms with Crippen LogP contribution in [0, 0.1) is 22.2 Å². The van der Waals surface area contributed by atoms with Crippen molar-refractivity contribution in [1.29, 1.82) is 5.26 Å². The van der Waals surface area contributed by atoms with Crippen LogP contribution < -0.4 is 0 Å². The van der Waals surface area contributed by atoms with E-state index in [2.05, 4.69) is 19.9 Å². The molecule has 0 radical (unpaired) electrons. The number of rotatable bonds is 3. The zero-order chi connectivity index (χ0) is 12.4. The summed E-state index contributed by atoms with van der Waals surface area (Å²) in [6, 6.07) is 2.62. The van der Waals surface area contributed by atoms with Crippen molar-refractivity contribution in [2.24, 2.45) is 10.8 Å². The first-order valence-corrected chi connectivity index (χ1v) is 7.08. The highest BCUT2D eigenvalue weighted by Gasteiger charge is 2.38. The van der Waals surface area contributed by atoms with Crippen LogP contribution in [-0.4, -0.2) is 12.7 Å². The normalized spacial score (nSPS) is 31.0. The highest BCUT2D eigenvalue weighted by atomic mass is 16.5. The molecule has 2 aliphatic rings. The monoisotopic (exact) mass is 235 g/mol. The lowest BCUT2D eigenvalue weighted by Gasteiger charge is -2.39. The van der Waals surface area contributed by atoms with E-state index >= 15 is 0 Å². The van der Waals surface area contributed by atoms with E-state index in [1.165, 1.54) is 25.7 Å². The van der Waals surface area contributed by atoms with Crippen molar-refractivity contribution < 1.29 is 4.74 Å². The number of hydrogen-bond acceptors (Lipinski definition) is 2. The first-order chi connectivity index (χ1) is 8.05. The third kappa shape index (κ3) is 3.22. The Kier molecular flexibility index (Phi) is 3.78. The minimum atomic E-state index is -0.0402. The Balaban J connectivity index is 1.85. The molecule has 0 bridgehead atoms. The van der Waals surface area contributed by atoms with Gasteiger partial charge in [-0.15, -0.1) is 0 Å². The van der Waals surface area contributed by atoms with Crippen LogP contribution >= 0.6 is 0 Å². The molecule has 1 saturated heterocycles. The summed E-state index contributed by atoms with van der Waals surface area (Å²) in [6.07, 6.45) is 9.56. The molecule has 0 N–H and O–H groups in total. The Bertz CT molecular complexity index is 287. The van der Waals surface area contributed by atoms with E-state index in [-0.39, 0.29) is 5.41 Å². The molecule has 0 aromatic heterocycles. The molecule has 1 aliphatic heterocycles. The van der Waals surface area contributed by atoms with E-state index in [9.17, 15) is 5.26 Å². The summed E-state index contributed by atoms with van der Waals surface area (Å²) >= 11 is 0. The Labute approximate surface area is 105 Å². The molecule has 17 heavy (non-hydrogen) atoms. The molecule has 1 saturated carbocycles. The van der Waals surface area contributed by atoms with Gasteiger partial charge in [0.2, 0.25) is 0 Å². The van der Waals surface area contributed by atoms with Crippen LogP contribution in [0.3, 0.4) is 0 Å². The van der Waals surface area contributed by atoms with Gasteiger partial charge in [0.25, 0.3) is 0 Å². The Morgan fingerprint density at radius 2 is 1.94 bits per heavy atom. The van der Waals surface area contributed by atoms with Crippen molar-refractivity contribution in [2.45, 2.75) is 71.3 Å². The molecular weight excluding hydrogens is 210 g/mol. The van der Waals surface area contributed by atoms with Crippen LogP contribution in [0.2, 0.25) is 0 Å². The van der Waals surface area contributed by atoms with E-state index in [0.717, 1.165) is 32.3 Å². The van der Waals surface area contributed by atoms with E-state index in [1.807, 2.05) is 0 Å². The van der Waals surface area contributed by atoms with Gasteiger partial charge in [0.1, 0.15) is 0 Å². The van der Waals surface area contributed by atoms with Crippen LogP contribution in [0.4, 0.5) is 0 Å². The van der Waals surface area contributed by atoms with Gasteiger partial charge in [-0.25, -0.2) is 0 Å². The minimum absolute atomic E-state index is 0.0402. The molecule has 1 unspecified atom stereocenters. The van der Waals surface area contributed by atoms with Gasteiger partial charge < -0.3 is 4.74 Å². The lowest BCUT2D eigenvalue weighted by Crippen LogP contribution is -2.31. The van der Waals surface area contributed by atoms with E-state index in [1.54, 1.807) is 0 Å². The fourth-order valence-corrected chi connectivity index (χ4v) is 3.13. The molecule has 1 atom stereocenters. The molecule has 0 aromatic carbocycles. The van der Waals surface area contributed by atoms with Crippen LogP contribution in [0.1, 0.15) is 65.2 Å². The van der Waals surface area contributed by atoms with Crippen LogP contribution in [0.5, 0.6) is 0 Å². The second kappa shape index (κ2) is 4.98. The zero-order valence-corrected chi connectivity index (χ0v) is 11.3. The van der Waals surface area contributed by atoms with Crippen molar-refractivity contribution >= 4 is 0 Å². The molecule has 96 valence electrons. The summed E-state index contributed by atoms with van der Waals surface area (Å²) in [5.74, 6) is 0. The largest absolute Gasteiger partial charge is 0.378 e. The maximum Gasteiger partial charge on any atom is 0.0689 e. The Morgan fingerprint density at radius 3 is 2.47 bits per heavy atom. The molecule has 0 amide bonds. The van der Waals surface area contributed by atoms with Gasteiger partial charge >= 0.3 is 0 Å². The quantitative estimate of drug-likeness (QED) is 0.739. The maximum atomic E-state index is 9.49. The van der Waals surface area contributed by atoms with E-state index in [0.29, 0.717) is 11.5 Å².